The molecule has 3 N–H and O–H groups in total. The smallest absolute Gasteiger partial charge is 0.153 e. The van der Waals surface area contributed by atoms with Crippen molar-refractivity contribution in [2.24, 2.45) is 0 Å². The zero-order valence-electron chi connectivity index (χ0n) is 13.9. The molecule has 1 aliphatic rings. The molecule has 0 aliphatic carbocycles. The topological polar surface area (TPSA) is 106 Å². The van der Waals surface area contributed by atoms with Crippen molar-refractivity contribution in [3.8, 4) is 12.1 Å². The minimum absolute atomic E-state index is 0.374. The van der Waals surface area contributed by atoms with Crippen molar-refractivity contribution >= 4 is 16.7 Å². The molecule has 120 valence electrons. The lowest BCUT2D eigenvalue weighted by Crippen LogP contribution is -2.28. The van der Waals surface area contributed by atoms with Gasteiger partial charge in [-0.15, -0.1) is 0 Å². The highest BCUT2D eigenvalue weighted by Crippen LogP contribution is 2.41. The molecule has 2 aromatic rings. The van der Waals surface area contributed by atoms with Crippen molar-refractivity contribution in [3.63, 3.8) is 0 Å². The van der Waals surface area contributed by atoms with Gasteiger partial charge in [0.2, 0.25) is 0 Å². The van der Waals surface area contributed by atoms with Crippen LogP contribution < -0.4 is 5.73 Å². The van der Waals surface area contributed by atoms with Crippen LogP contribution in [0.2, 0.25) is 0 Å². The van der Waals surface area contributed by atoms with E-state index >= 15 is 0 Å². The summed E-state index contributed by atoms with van der Waals surface area (Å²) in [7, 11) is 0. The van der Waals surface area contributed by atoms with E-state index in [-0.39, 0.29) is 5.92 Å². The number of rotatable bonds is 2. The van der Waals surface area contributed by atoms with Crippen LogP contribution in [0, 0.1) is 22.7 Å². The van der Waals surface area contributed by atoms with Crippen LogP contribution in [-0.2, 0) is 0 Å². The third kappa shape index (κ3) is 2.12. The van der Waals surface area contributed by atoms with Crippen LogP contribution in [-0.4, -0.2) is 21.6 Å². The summed E-state index contributed by atoms with van der Waals surface area (Å²) >= 11 is 0. The first-order chi connectivity index (χ1) is 11.5. The predicted molar refractivity (Wildman–Crippen MR) is 92.3 cm³/mol. The van der Waals surface area contributed by atoms with E-state index in [1.807, 2.05) is 43.9 Å². The summed E-state index contributed by atoms with van der Waals surface area (Å²) < 4.78 is 0. The number of nitrogens with zero attached hydrogens (tertiary/aromatic N) is 4. The lowest BCUT2D eigenvalue weighted by molar-refractivity contribution is 0.428. The van der Waals surface area contributed by atoms with Crippen molar-refractivity contribution in [1.29, 1.82) is 10.5 Å². The first-order valence-electron chi connectivity index (χ1n) is 7.76. The Balaban J connectivity index is 2.26. The van der Waals surface area contributed by atoms with Crippen molar-refractivity contribution < 1.29 is 0 Å². The van der Waals surface area contributed by atoms with Crippen molar-refractivity contribution in [2.75, 3.05) is 12.3 Å². The van der Waals surface area contributed by atoms with Crippen LogP contribution in [0.5, 0.6) is 0 Å². The van der Waals surface area contributed by atoms with Gasteiger partial charge in [0.25, 0.3) is 0 Å². The Labute approximate surface area is 140 Å². The Morgan fingerprint density at radius 1 is 1.21 bits per heavy atom. The van der Waals surface area contributed by atoms with Gasteiger partial charge in [-0.3, -0.25) is 5.10 Å². The fourth-order valence-electron chi connectivity index (χ4n) is 3.43. The second kappa shape index (κ2) is 5.75. The Bertz CT molecular complexity index is 926. The highest BCUT2D eigenvalue weighted by Gasteiger charge is 2.32. The van der Waals surface area contributed by atoms with Gasteiger partial charge in [-0.1, -0.05) is 6.07 Å². The highest BCUT2D eigenvalue weighted by molar-refractivity contribution is 5.89. The maximum absolute atomic E-state index is 9.72. The molecule has 3 rings (SSSR count). The number of hydrogen-bond donors (Lipinski definition) is 2. The molecule has 0 radical (unpaired) electrons. The average Bonchev–Trinajstić information content (AvgIpc) is 2.95. The molecule has 0 unspecified atom stereocenters. The molecule has 0 bridgehead atoms. The van der Waals surface area contributed by atoms with E-state index in [9.17, 15) is 10.5 Å². The number of anilines is 1. The normalized spacial score (nSPS) is 15.8. The second-order valence-electron chi connectivity index (χ2n) is 5.81. The van der Waals surface area contributed by atoms with Gasteiger partial charge in [-0.25, -0.2) is 0 Å². The number of allylic oxidation sites excluding steroid dienone is 4. The minimum atomic E-state index is -0.374. The molecule has 24 heavy (non-hydrogen) atoms. The zero-order valence-corrected chi connectivity index (χ0v) is 13.9. The van der Waals surface area contributed by atoms with E-state index in [2.05, 4.69) is 22.3 Å². The first kappa shape index (κ1) is 15.6. The number of fused-ring (bicyclic) bond motifs is 1. The number of nitrogen functional groups attached to an aromatic ring is 1. The van der Waals surface area contributed by atoms with E-state index in [4.69, 9.17) is 5.73 Å². The highest BCUT2D eigenvalue weighted by atomic mass is 15.2. The maximum Gasteiger partial charge on any atom is 0.153 e. The zero-order chi connectivity index (χ0) is 17.4. The van der Waals surface area contributed by atoms with Crippen LogP contribution in [0.15, 0.2) is 40.7 Å². The Morgan fingerprint density at radius 2 is 1.83 bits per heavy atom. The molecule has 0 amide bonds. The van der Waals surface area contributed by atoms with Gasteiger partial charge in [-0.05, 0) is 38.5 Å². The Hall–Kier alpha value is -3.25. The van der Waals surface area contributed by atoms with Crippen molar-refractivity contribution in [2.45, 2.75) is 26.7 Å². The maximum atomic E-state index is 9.72. The molecule has 0 atom stereocenters. The minimum Gasteiger partial charge on any atom is -0.382 e. The number of nitrogens with two attached hydrogens (primary N) is 1. The summed E-state index contributed by atoms with van der Waals surface area (Å²) in [5.74, 6) is 0.0396. The molecule has 0 spiro atoms. The van der Waals surface area contributed by atoms with Gasteiger partial charge in [0.05, 0.1) is 34.7 Å². The number of aromatic nitrogens is 2. The number of benzene rings is 1. The number of H-pyrrole nitrogens is 1. The molecular formula is C18H18N6. The molecule has 6 heteroatoms. The second-order valence-corrected chi connectivity index (χ2v) is 5.81. The molecule has 0 fully saturated rings. The van der Waals surface area contributed by atoms with Crippen LogP contribution in [0.4, 0.5) is 5.82 Å². The molecule has 2 heterocycles. The van der Waals surface area contributed by atoms with Crippen molar-refractivity contribution in [3.05, 3.63) is 46.3 Å². The van der Waals surface area contributed by atoms with Gasteiger partial charge in [0, 0.05) is 23.3 Å². The van der Waals surface area contributed by atoms with Crippen LogP contribution in [0.25, 0.3) is 10.9 Å². The fourth-order valence-corrected chi connectivity index (χ4v) is 3.43. The van der Waals surface area contributed by atoms with E-state index in [1.165, 1.54) is 0 Å². The Kier molecular flexibility index (Phi) is 3.75. The standard InChI is InChI=1S/C18H18N6/c1-4-24-10(2)14(8-19)17(15(9-20)11(24)3)12-5-6-16-13(7-12)18(21)23-22-16/h5-7,17H,4H2,1-3H3,(H3,21,22,23). The average molecular weight is 318 g/mol. The third-order valence-corrected chi connectivity index (χ3v) is 4.67. The summed E-state index contributed by atoms with van der Waals surface area (Å²) in [4.78, 5) is 2.01. The van der Waals surface area contributed by atoms with Crippen LogP contribution in [0.1, 0.15) is 32.3 Å². The van der Waals surface area contributed by atoms with Gasteiger partial charge in [-0.2, -0.15) is 15.6 Å². The van der Waals surface area contributed by atoms with Gasteiger partial charge < -0.3 is 10.6 Å². The number of nitriles is 2. The molecule has 1 aliphatic heterocycles. The van der Waals surface area contributed by atoms with Gasteiger partial charge >= 0.3 is 0 Å². The van der Waals surface area contributed by atoms with Crippen LogP contribution in [0.3, 0.4) is 0 Å². The largest absolute Gasteiger partial charge is 0.382 e. The molecule has 6 nitrogen and oxygen atoms in total. The molecule has 0 saturated carbocycles. The summed E-state index contributed by atoms with van der Waals surface area (Å²) in [6.07, 6.45) is 0. The molecule has 1 aromatic heterocycles. The number of hydrogen-bond acceptors (Lipinski definition) is 5. The van der Waals surface area contributed by atoms with Crippen LogP contribution >= 0.6 is 0 Å². The predicted octanol–water partition coefficient (Wildman–Crippen LogP) is 3.16. The Morgan fingerprint density at radius 3 is 2.38 bits per heavy atom. The first-order valence-corrected chi connectivity index (χ1v) is 7.76. The van der Waals surface area contributed by atoms with Gasteiger partial charge in [0.15, 0.2) is 5.82 Å². The monoisotopic (exact) mass is 318 g/mol. The molecule has 1 aromatic carbocycles. The summed E-state index contributed by atoms with van der Waals surface area (Å²) in [6, 6.07) is 10.3. The SMILES string of the molecule is CCN1C(C)=C(C#N)C(c2ccc3[nH]nc(N)c3c2)C(C#N)=C1C. The number of aromatic amines is 1. The van der Waals surface area contributed by atoms with Gasteiger partial charge in [0.1, 0.15) is 0 Å². The van der Waals surface area contributed by atoms with E-state index in [0.717, 1.165) is 27.9 Å². The quantitative estimate of drug-likeness (QED) is 0.884. The van der Waals surface area contributed by atoms with E-state index in [0.29, 0.717) is 23.5 Å². The molecular weight excluding hydrogens is 300 g/mol. The third-order valence-electron chi connectivity index (χ3n) is 4.67. The molecule has 0 saturated heterocycles. The fraction of sp³-hybridized carbons (Fsp3) is 0.278. The summed E-state index contributed by atoms with van der Waals surface area (Å²) in [6.45, 7) is 6.58. The lowest BCUT2D eigenvalue weighted by atomic mass is 9.80. The van der Waals surface area contributed by atoms with E-state index in [1.54, 1.807) is 0 Å². The summed E-state index contributed by atoms with van der Waals surface area (Å²) in [5, 5.41) is 27.1. The summed E-state index contributed by atoms with van der Waals surface area (Å²) in [5.41, 5.74) is 10.6. The van der Waals surface area contributed by atoms with Crippen molar-refractivity contribution in [1.82, 2.24) is 15.1 Å². The lowest BCUT2D eigenvalue weighted by Gasteiger charge is -2.34. The number of nitrogens with one attached hydrogen (secondary N) is 1. The van der Waals surface area contributed by atoms with E-state index < -0.39 is 0 Å².